The van der Waals surface area contributed by atoms with E-state index in [1.165, 1.54) is 19.3 Å². The van der Waals surface area contributed by atoms with E-state index in [0.717, 1.165) is 25.2 Å². The molecule has 2 rings (SSSR count). The number of esters is 1. The number of hydrogen-bond acceptors (Lipinski definition) is 4. The molecule has 0 aliphatic carbocycles. The van der Waals surface area contributed by atoms with Gasteiger partial charge in [0.05, 0.1) is 6.61 Å². The molecule has 0 amide bonds. The van der Waals surface area contributed by atoms with Crippen molar-refractivity contribution in [3.8, 4) is 0 Å². The van der Waals surface area contributed by atoms with E-state index in [1.54, 1.807) is 13.0 Å². The smallest absolute Gasteiger partial charge is 0.339 e. The van der Waals surface area contributed by atoms with Gasteiger partial charge in [-0.2, -0.15) is 0 Å². The van der Waals surface area contributed by atoms with Gasteiger partial charge in [-0.05, 0) is 44.0 Å². The molecule has 0 spiro atoms. The molecule has 1 aromatic carbocycles. The first-order valence-corrected chi connectivity index (χ1v) is 7.36. The molecule has 4 heteroatoms. The molecule has 0 radical (unpaired) electrons. The third-order valence-corrected chi connectivity index (χ3v) is 3.63. The molecule has 4 nitrogen and oxygen atoms in total. The summed E-state index contributed by atoms with van der Waals surface area (Å²) in [6.07, 6.45) is 2.64. The average Bonchev–Trinajstić information content (AvgIpc) is 2.48. The van der Waals surface area contributed by atoms with Crippen LogP contribution >= 0.6 is 0 Å². The first-order valence-electron chi connectivity index (χ1n) is 7.36. The summed E-state index contributed by atoms with van der Waals surface area (Å²) in [6, 6.07) is 7.59. The van der Waals surface area contributed by atoms with E-state index < -0.39 is 12.1 Å². The molecule has 1 aromatic rings. The van der Waals surface area contributed by atoms with Crippen LogP contribution in [-0.4, -0.2) is 35.7 Å². The number of aliphatic hydroxyl groups is 1. The number of rotatable bonds is 5. The van der Waals surface area contributed by atoms with Gasteiger partial charge in [-0.25, -0.2) is 4.79 Å². The zero-order chi connectivity index (χ0) is 14.4. The maximum absolute atomic E-state index is 11.6. The van der Waals surface area contributed by atoms with Crippen LogP contribution in [0.3, 0.4) is 0 Å². The highest BCUT2D eigenvalue weighted by molar-refractivity contribution is 5.76. The minimum absolute atomic E-state index is 0.281. The fraction of sp³-hybridized carbons (Fsp3) is 0.562. The van der Waals surface area contributed by atoms with E-state index in [0.29, 0.717) is 5.56 Å². The Balaban J connectivity index is 2.01. The Morgan fingerprint density at radius 1 is 1.35 bits per heavy atom. The van der Waals surface area contributed by atoms with Gasteiger partial charge in [0.15, 0.2) is 6.10 Å². The predicted octanol–water partition coefficient (Wildman–Crippen LogP) is 2.27. The van der Waals surface area contributed by atoms with Gasteiger partial charge in [-0.15, -0.1) is 0 Å². The van der Waals surface area contributed by atoms with Crippen LogP contribution in [0.4, 0.5) is 0 Å². The molecule has 1 aliphatic rings. The molecule has 1 aliphatic heterocycles. The zero-order valence-electron chi connectivity index (χ0n) is 12.0. The number of hydrogen-bond donors (Lipinski definition) is 1. The second-order valence-corrected chi connectivity index (χ2v) is 5.24. The zero-order valence-corrected chi connectivity index (χ0v) is 12.0. The van der Waals surface area contributed by atoms with Crippen molar-refractivity contribution in [2.24, 2.45) is 0 Å². The Morgan fingerprint density at radius 2 is 2.10 bits per heavy atom. The number of ether oxygens (including phenoxy) is 1. The third kappa shape index (κ3) is 4.05. The third-order valence-electron chi connectivity index (χ3n) is 3.63. The van der Waals surface area contributed by atoms with Crippen molar-refractivity contribution in [2.75, 3.05) is 19.7 Å². The van der Waals surface area contributed by atoms with Gasteiger partial charge in [0, 0.05) is 6.54 Å². The van der Waals surface area contributed by atoms with E-state index in [4.69, 9.17) is 4.74 Å². The van der Waals surface area contributed by atoms with Crippen molar-refractivity contribution in [3.63, 3.8) is 0 Å². The number of aliphatic hydroxyl groups excluding tert-OH is 1. The maximum Gasteiger partial charge on any atom is 0.339 e. The molecule has 1 unspecified atom stereocenters. The van der Waals surface area contributed by atoms with Gasteiger partial charge in [-0.3, -0.25) is 4.90 Å². The van der Waals surface area contributed by atoms with Gasteiger partial charge in [0.2, 0.25) is 0 Å². The van der Waals surface area contributed by atoms with Crippen LogP contribution in [0.5, 0.6) is 0 Å². The predicted molar refractivity (Wildman–Crippen MR) is 77.2 cm³/mol. The summed E-state index contributed by atoms with van der Waals surface area (Å²) < 4.78 is 4.85. The van der Waals surface area contributed by atoms with Crippen LogP contribution in [0.25, 0.3) is 0 Å². The molecule has 1 N–H and O–H groups in total. The van der Waals surface area contributed by atoms with Gasteiger partial charge in [0.1, 0.15) is 0 Å². The molecule has 20 heavy (non-hydrogen) atoms. The van der Waals surface area contributed by atoms with Crippen LogP contribution in [0, 0.1) is 0 Å². The summed E-state index contributed by atoms with van der Waals surface area (Å²) in [7, 11) is 0. The summed E-state index contributed by atoms with van der Waals surface area (Å²) in [5.74, 6) is -0.581. The highest BCUT2D eigenvalue weighted by Crippen LogP contribution is 2.18. The van der Waals surface area contributed by atoms with Gasteiger partial charge < -0.3 is 9.84 Å². The monoisotopic (exact) mass is 277 g/mol. The Hall–Kier alpha value is -1.39. The highest BCUT2D eigenvalue weighted by Gasteiger charge is 2.19. The second-order valence-electron chi connectivity index (χ2n) is 5.24. The van der Waals surface area contributed by atoms with Crippen molar-refractivity contribution < 1.29 is 14.6 Å². The SMILES string of the molecule is CCOC(=O)C(O)c1cccc(CN2CCCCC2)c1. The largest absolute Gasteiger partial charge is 0.464 e. The van der Waals surface area contributed by atoms with Crippen LogP contribution in [0.1, 0.15) is 43.4 Å². The normalized spacial score (nSPS) is 17.7. The van der Waals surface area contributed by atoms with Crippen molar-refractivity contribution >= 4 is 5.97 Å². The highest BCUT2D eigenvalue weighted by atomic mass is 16.5. The first-order chi connectivity index (χ1) is 9.70. The Kier molecular flexibility index (Phi) is 5.56. The summed E-state index contributed by atoms with van der Waals surface area (Å²) in [5.41, 5.74) is 1.74. The molecular weight excluding hydrogens is 254 g/mol. The lowest BCUT2D eigenvalue weighted by Gasteiger charge is -2.26. The quantitative estimate of drug-likeness (QED) is 0.839. The Morgan fingerprint density at radius 3 is 2.80 bits per heavy atom. The van der Waals surface area contributed by atoms with E-state index in [9.17, 15) is 9.90 Å². The number of carbonyl (C=O) groups excluding carboxylic acids is 1. The summed E-state index contributed by atoms with van der Waals surface area (Å²) >= 11 is 0. The Labute approximate surface area is 120 Å². The number of likely N-dealkylation sites (tertiary alicyclic amines) is 1. The molecule has 0 bridgehead atoms. The number of carbonyl (C=O) groups is 1. The maximum atomic E-state index is 11.6. The molecule has 0 saturated carbocycles. The van der Waals surface area contributed by atoms with Gasteiger partial charge >= 0.3 is 5.97 Å². The van der Waals surface area contributed by atoms with Crippen molar-refractivity contribution in [3.05, 3.63) is 35.4 Å². The van der Waals surface area contributed by atoms with Crippen molar-refractivity contribution in [1.82, 2.24) is 4.90 Å². The number of piperidine rings is 1. The van der Waals surface area contributed by atoms with E-state index in [2.05, 4.69) is 4.90 Å². The topological polar surface area (TPSA) is 49.8 Å². The number of benzene rings is 1. The Bertz CT molecular complexity index is 441. The van der Waals surface area contributed by atoms with Crippen LogP contribution in [0.2, 0.25) is 0 Å². The minimum atomic E-state index is -1.18. The average molecular weight is 277 g/mol. The van der Waals surface area contributed by atoms with Crippen LogP contribution in [-0.2, 0) is 16.1 Å². The van der Waals surface area contributed by atoms with Gasteiger partial charge in [-0.1, -0.05) is 30.7 Å². The lowest BCUT2D eigenvalue weighted by molar-refractivity contribution is -0.153. The van der Waals surface area contributed by atoms with Crippen molar-refractivity contribution in [1.29, 1.82) is 0 Å². The standard InChI is InChI=1S/C16H23NO3/c1-2-20-16(19)15(18)14-8-6-7-13(11-14)12-17-9-4-3-5-10-17/h6-8,11,15,18H,2-5,9-10,12H2,1H3. The van der Waals surface area contributed by atoms with Crippen LogP contribution < -0.4 is 0 Å². The molecule has 110 valence electrons. The number of nitrogens with zero attached hydrogens (tertiary/aromatic N) is 1. The summed E-state index contributed by atoms with van der Waals surface area (Å²) in [4.78, 5) is 14.0. The molecule has 1 fully saturated rings. The molecule has 1 saturated heterocycles. The fourth-order valence-electron chi connectivity index (χ4n) is 2.59. The molecule has 1 heterocycles. The van der Waals surface area contributed by atoms with E-state index in [-0.39, 0.29) is 6.61 Å². The lowest BCUT2D eigenvalue weighted by atomic mass is 10.0. The molecule has 0 aromatic heterocycles. The lowest BCUT2D eigenvalue weighted by Crippen LogP contribution is -2.29. The van der Waals surface area contributed by atoms with Gasteiger partial charge in [0.25, 0.3) is 0 Å². The van der Waals surface area contributed by atoms with Crippen molar-refractivity contribution in [2.45, 2.75) is 38.8 Å². The van der Waals surface area contributed by atoms with E-state index >= 15 is 0 Å². The summed E-state index contributed by atoms with van der Waals surface area (Å²) in [5, 5.41) is 9.96. The van der Waals surface area contributed by atoms with Crippen LogP contribution in [0.15, 0.2) is 24.3 Å². The molecule has 1 atom stereocenters. The summed E-state index contributed by atoms with van der Waals surface area (Å²) in [6.45, 7) is 5.15. The molecular formula is C16H23NO3. The first kappa shape index (κ1) is 15.0. The minimum Gasteiger partial charge on any atom is -0.464 e. The second kappa shape index (κ2) is 7.41. The fourth-order valence-corrected chi connectivity index (χ4v) is 2.59. The van der Waals surface area contributed by atoms with E-state index in [1.807, 2.05) is 18.2 Å².